The van der Waals surface area contributed by atoms with E-state index < -0.39 is 0 Å². The van der Waals surface area contributed by atoms with Crippen LogP contribution in [0.2, 0.25) is 0 Å². The lowest BCUT2D eigenvalue weighted by molar-refractivity contribution is 0.668. The van der Waals surface area contributed by atoms with Gasteiger partial charge >= 0.3 is 0 Å². The monoisotopic (exact) mass is 655 g/mol. The van der Waals surface area contributed by atoms with E-state index in [1.54, 1.807) is 0 Å². The summed E-state index contributed by atoms with van der Waals surface area (Å²) in [7, 11) is 0. The van der Waals surface area contributed by atoms with Crippen LogP contribution in [0.1, 0.15) is 0 Å². The summed E-state index contributed by atoms with van der Waals surface area (Å²) in [6, 6.07) is 51.1. The number of rotatable bonds is 4. The van der Waals surface area contributed by atoms with Gasteiger partial charge in [-0.2, -0.15) is 0 Å². The molecule has 0 N–H and O–H groups in total. The van der Waals surface area contributed by atoms with E-state index in [-0.39, 0.29) is 0 Å². The highest BCUT2D eigenvalue weighted by atomic mass is 16.3. The van der Waals surface area contributed by atoms with Crippen LogP contribution in [0, 0.1) is 0 Å². The third-order valence-electron chi connectivity index (χ3n) is 9.75. The van der Waals surface area contributed by atoms with Crippen LogP contribution in [-0.2, 0) is 0 Å². The first-order valence-corrected chi connectivity index (χ1v) is 16.8. The van der Waals surface area contributed by atoms with Gasteiger partial charge in [-0.15, -0.1) is 0 Å². The van der Waals surface area contributed by atoms with Crippen molar-refractivity contribution in [2.24, 2.45) is 0 Å². The summed E-state index contributed by atoms with van der Waals surface area (Å²) < 4.78 is 18.9. The number of furan rings is 3. The Balaban J connectivity index is 1.05. The molecule has 6 heteroatoms. The lowest BCUT2D eigenvalue weighted by Gasteiger charge is -2.08. The van der Waals surface area contributed by atoms with Crippen molar-refractivity contribution < 1.29 is 13.3 Å². The lowest BCUT2D eigenvalue weighted by atomic mass is 10.0. The van der Waals surface area contributed by atoms with Crippen molar-refractivity contribution in [3.05, 3.63) is 152 Å². The smallest absolute Gasteiger partial charge is 0.164 e. The number of benzene rings is 7. The van der Waals surface area contributed by atoms with Gasteiger partial charge in [0.15, 0.2) is 17.5 Å². The van der Waals surface area contributed by atoms with Gasteiger partial charge in [0, 0.05) is 54.6 Å². The quantitative estimate of drug-likeness (QED) is 0.188. The van der Waals surface area contributed by atoms with Gasteiger partial charge in [0.05, 0.1) is 0 Å². The SMILES string of the molecule is c1ccc(-c2nc(-c3ccc4oc5ccccc5c4c3)nc(-c3ccc4oc5cc(-c6cccc7c6oc6ccccc67)ccc5c4c3)n2)cc1. The molecule has 0 fully saturated rings. The minimum atomic E-state index is 0.584. The van der Waals surface area contributed by atoms with E-state index in [0.717, 1.165) is 93.6 Å². The van der Waals surface area contributed by atoms with Crippen molar-refractivity contribution in [3.63, 3.8) is 0 Å². The van der Waals surface area contributed by atoms with Crippen molar-refractivity contribution in [1.82, 2.24) is 15.0 Å². The van der Waals surface area contributed by atoms with E-state index in [0.29, 0.717) is 17.5 Å². The fourth-order valence-electron chi connectivity index (χ4n) is 7.27. The zero-order valence-electron chi connectivity index (χ0n) is 27.0. The predicted molar refractivity (Wildman–Crippen MR) is 203 cm³/mol. The van der Waals surface area contributed by atoms with Gasteiger partial charge in [-0.05, 0) is 66.2 Å². The van der Waals surface area contributed by atoms with Crippen molar-refractivity contribution in [2.45, 2.75) is 0 Å². The Morgan fingerprint density at radius 3 is 1.51 bits per heavy atom. The average Bonchev–Trinajstić information content (AvgIpc) is 3.88. The number of para-hydroxylation sites is 3. The summed E-state index contributed by atoms with van der Waals surface area (Å²) in [6.07, 6.45) is 0. The topological polar surface area (TPSA) is 78.1 Å². The molecular formula is C45H25N3O3. The van der Waals surface area contributed by atoms with E-state index in [4.69, 9.17) is 28.2 Å². The number of hydrogen-bond acceptors (Lipinski definition) is 6. The van der Waals surface area contributed by atoms with Crippen LogP contribution < -0.4 is 0 Å². The van der Waals surface area contributed by atoms with Crippen molar-refractivity contribution >= 4 is 65.8 Å². The van der Waals surface area contributed by atoms with Crippen LogP contribution in [0.5, 0.6) is 0 Å². The van der Waals surface area contributed by atoms with Crippen molar-refractivity contribution in [1.29, 1.82) is 0 Å². The molecule has 0 amide bonds. The van der Waals surface area contributed by atoms with Gasteiger partial charge in [0.25, 0.3) is 0 Å². The van der Waals surface area contributed by atoms with Crippen LogP contribution in [0.4, 0.5) is 0 Å². The van der Waals surface area contributed by atoms with E-state index in [1.165, 1.54) is 0 Å². The first kappa shape index (κ1) is 27.9. The van der Waals surface area contributed by atoms with Gasteiger partial charge in [-0.1, -0.05) is 91.0 Å². The summed E-state index contributed by atoms with van der Waals surface area (Å²) in [4.78, 5) is 15.0. The molecule has 0 spiro atoms. The normalized spacial score (nSPS) is 11.9. The molecule has 0 unspecified atom stereocenters. The highest BCUT2D eigenvalue weighted by Gasteiger charge is 2.18. The lowest BCUT2D eigenvalue weighted by Crippen LogP contribution is -2.00. The highest BCUT2D eigenvalue weighted by Crippen LogP contribution is 2.39. The number of fused-ring (bicyclic) bond motifs is 9. The summed E-state index contributed by atoms with van der Waals surface area (Å²) >= 11 is 0. The molecule has 0 saturated carbocycles. The minimum Gasteiger partial charge on any atom is -0.456 e. The number of aromatic nitrogens is 3. The molecule has 0 radical (unpaired) electrons. The second-order valence-electron chi connectivity index (χ2n) is 12.8. The van der Waals surface area contributed by atoms with Crippen LogP contribution in [0.15, 0.2) is 165 Å². The molecule has 0 bridgehead atoms. The number of hydrogen-bond donors (Lipinski definition) is 0. The highest BCUT2D eigenvalue weighted by molar-refractivity contribution is 6.11. The Labute approximate surface area is 290 Å². The maximum atomic E-state index is 6.44. The second-order valence-corrected chi connectivity index (χ2v) is 12.8. The average molecular weight is 656 g/mol. The molecule has 0 atom stereocenters. The maximum absolute atomic E-state index is 6.44. The first-order chi connectivity index (χ1) is 25.2. The molecule has 238 valence electrons. The van der Waals surface area contributed by atoms with Gasteiger partial charge in [-0.3, -0.25) is 0 Å². The Kier molecular flexibility index (Phi) is 5.86. The van der Waals surface area contributed by atoms with Gasteiger partial charge in [-0.25, -0.2) is 15.0 Å². The summed E-state index contributed by atoms with van der Waals surface area (Å²) in [5.41, 5.74) is 9.76. The molecule has 4 aromatic heterocycles. The standard InChI is InChI=1S/C45H25N3O3/c1-2-9-26(10-3-1)43-46-44(28-18-21-39-35(23-28)32-12-5-6-15-37(32)49-39)48-45(47-43)29-19-22-40-36(24-29)33-20-17-27(25-41(33)50-40)30-13-8-14-34-31-11-4-7-16-38(31)51-42(30)34/h1-25H. The first-order valence-electron chi connectivity index (χ1n) is 16.8. The molecule has 0 aliphatic carbocycles. The largest absolute Gasteiger partial charge is 0.456 e. The van der Waals surface area contributed by atoms with Crippen LogP contribution >= 0.6 is 0 Å². The van der Waals surface area contributed by atoms with Gasteiger partial charge in [0.1, 0.15) is 33.5 Å². The van der Waals surface area contributed by atoms with Crippen molar-refractivity contribution in [2.75, 3.05) is 0 Å². The third-order valence-corrected chi connectivity index (χ3v) is 9.75. The summed E-state index contributed by atoms with van der Waals surface area (Å²) in [5.74, 6) is 1.78. The van der Waals surface area contributed by atoms with E-state index in [2.05, 4.69) is 60.7 Å². The number of nitrogens with zero attached hydrogens (tertiary/aromatic N) is 3. The molecule has 6 nitrogen and oxygen atoms in total. The molecule has 7 aromatic carbocycles. The second kappa shape index (κ2) is 10.7. The van der Waals surface area contributed by atoms with Crippen LogP contribution in [0.25, 0.3) is 111 Å². The fourth-order valence-corrected chi connectivity index (χ4v) is 7.27. The Morgan fingerprint density at radius 1 is 0.294 bits per heavy atom. The Morgan fingerprint density at radius 2 is 0.804 bits per heavy atom. The van der Waals surface area contributed by atoms with E-state index in [1.807, 2.05) is 91.0 Å². The molecule has 51 heavy (non-hydrogen) atoms. The molecule has 4 heterocycles. The maximum Gasteiger partial charge on any atom is 0.164 e. The van der Waals surface area contributed by atoms with E-state index >= 15 is 0 Å². The van der Waals surface area contributed by atoms with Crippen LogP contribution in [0.3, 0.4) is 0 Å². The van der Waals surface area contributed by atoms with Crippen LogP contribution in [-0.4, -0.2) is 15.0 Å². The van der Waals surface area contributed by atoms with Crippen molar-refractivity contribution in [3.8, 4) is 45.3 Å². The zero-order valence-corrected chi connectivity index (χ0v) is 27.0. The fraction of sp³-hybridized carbons (Fsp3) is 0. The molecular weight excluding hydrogens is 631 g/mol. The summed E-state index contributed by atoms with van der Waals surface area (Å²) in [6.45, 7) is 0. The van der Waals surface area contributed by atoms with Gasteiger partial charge in [0.2, 0.25) is 0 Å². The molecule has 11 rings (SSSR count). The molecule has 0 aliphatic heterocycles. The Bertz CT molecular complexity index is 3150. The van der Waals surface area contributed by atoms with Gasteiger partial charge < -0.3 is 13.3 Å². The molecule has 0 saturated heterocycles. The predicted octanol–water partition coefficient (Wildman–Crippen LogP) is 12.2. The van der Waals surface area contributed by atoms with E-state index in [9.17, 15) is 0 Å². The third kappa shape index (κ3) is 4.40. The summed E-state index contributed by atoms with van der Waals surface area (Å²) in [5, 5.41) is 6.30. The minimum absolute atomic E-state index is 0.584. The zero-order chi connectivity index (χ0) is 33.5. The Hall–Kier alpha value is -7.05. The molecule has 0 aliphatic rings. The molecule has 11 aromatic rings.